The zero-order valence-electron chi connectivity index (χ0n) is 10.1. The fraction of sp³-hybridized carbons (Fsp3) is 0.400. The molecule has 1 aliphatic rings. The van der Waals surface area contributed by atoms with Crippen LogP contribution in [0.25, 0.3) is 0 Å². The lowest BCUT2D eigenvalue weighted by Crippen LogP contribution is -2.01. The summed E-state index contributed by atoms with van der Waals surface area (Å²) in [6.45, 7) is 0.570. The van der Waals surface area contributed by atoms with Crippen molar-refractivity contribution in [3.8, 4) is 0 Å². The van der Waals surface area contributed by atoms with Crippen LogP contribution in [0.15, 0.2) is 47.6 Å². The molecule has 1 aromatic rings. The van der Waals surface area contributed by atoms with Crippen molar-refractivity contribution in [1.29, 1.82) is 0 Å². The molecule has 1 aromatic carbocycles. The zero-order valence-corrected chi connectivity index (χ0v) is 10.1. The summed E-state index contributed by atoms with van der Waals surface area (Å²) < 4.78 is 0. The van der Waals surface area contributed by atoms with Crippen molar-refractivity contribution in [2.24, 2.45) is 5.16 Å². The van der Waals surface area contributed by atoms with E-state index in [9.17, 15) is 0 Å². The minimum atomic E-state index is 0.570. The number of allylic oxidation sites excluding steroid dienone is 2. The molecular formula is C15H19NO. The second-order valence-corrected chi connectivity index (χ2v) is 4.32. The fourth-order valence-corrected chi connectivity index (χ4v) is 1.90. The van der Waals surface area contributed by atoms with Gasteiger partial charge in [0.15, 0.2) is 0 Å². The van der Waals surface area contributed by atoms with Gasteiger partial charge in [0.25, 0.3) is 0 Å². The van der Waals surface area contributed by atoms with Gasteiger partial charge in [-0.25, -0.2) is 0 Å². The number of hydrogen-bond donors (Lipinski definition) is 0. The SMILES string of the molecule is C1=C\CCC(=NOCc2ccccc2)CCC/1. The van der Waals surface area contributed by atoms with Crippen molar-refractivity contribution in [3.63, 3.8) is 0 Å². The first kappa shape index (κ1) is 11.9. The van der Waals surface area contributed by atoms with Gasteiger partial charge >= 0.3 is 0 Å². The standard InChI is InChI=1S/C15H19NO/c1-2-7-11-15(12-8-3-1)16-17-13-14-9-5-4-6-10-14/h1-2,4-6,9-10H,3,7-8,11-13H2/b2-1-,16-15?. The van der Waals surface area contributed by atoms with Crippen LogP contribution in [-0.2, 0) is 11.4 Å². The monoisotopic (exact) mass is 229 g/mol. The molecule has 1 aliphatic carbocycles. The van der Waals surface area contributed by atoms with E-state index in [0.29, 0.717) is 6.61 Å². The van der Waals surface area contributed by atoms with Crippen molar-refractivity contribution in [2.75, 3.05) is 0 Å². The van der Waals surface area contributed by atoms with E-state index in [-0.39, 0.29) is 0 Å². The van der Waals surface area contributed by atoms with Crippen molar-refractivity contribution in [1.82, 2.24) is 0 Å². The molecule has 0 saturated heterocycles. The maximum absolute atomic E-state index is 5.42. The summed E-state index contributed by atoms with van der Waals surface area (Å²) in [5.41, 5.74) is 2.37. The molecule has 0 spiro atoms. The van der Waals surface area contributed by atoms with Crippen LogP contribution in [0.1, 0.15) is 37.7 Å². The van der Waals surface area contributed by atoms with Crippen LogP contribution in [0.5, 0.6) is 0 Å². The Morgan fingerprint density at radius 1 is 1.00 bits per heavy atom. The van der Waals surface area contributed by atoms with Gasteiger partial charge in [0.1, 0.15) is 6.61 Å². The Balaban J connectivity index is 1.81. The number of oxime groups is 1. The lowest BCUT2D eigenvalue weighted by atomic mass is 10.0. The van der Waals surface area contributed by atoms with Crippen LogP contribution in [0.3, 0.4) is 0 Å². The molecule has 0 aliphatic heterocycles. The topological polar surface area (TPSA) is 21.6 Å². The van der Waals surface area contributed by atoms with E-state index < -0.39 is 0 Å². The molecule has 0 atom stereocenters. The summed E-state index contributed by atoms with van der Waals surface area (Å²) in [6.07, 6.45) is 10.0. The smallest absolute Gasteiger partial charge is 0.142 e. The summed E-state index contributed by atoms with van der Waals surface area (Å²) in [4.78, 5) is 5.42. The number of benzene rings is 1. The van der Waals surface area contributed by atoms with Crippen LogP contribution < -0.4 is 0 Å². The van der Waals surface area contributed by atoms with Gasteiger partial charge in [-0.05, 0) is 37.7 Å². The number of hydrogen-bond acceptors (Lipinski definition) is 2. The molecule has 0 saturated carbocycles. The van der Waals surface area contributed by atoms with E-state index in [1.807, 2.05) is 18.2 Å². The van der Waals surface area contributed by atoms with Gasteiger partial charge in [-0.1, -0.05) is 47.6 Å². The second-order valence-electron chi connectivity index (χ2n) is 4.32. The van der Waals surface area contributed by atoms with Gasteiger partial charge in [-0.15, -0.1) is 0 Å². The molecule has 0 fully saturated rings. The lowest BCUT2D eigenvalue weighted by Gasteiger charge is -2.07. The first-order chi connectivity index (χ1) is 8.45. The quantitative estimate of drug-likeness (QED) is 0.565. The van der Waals surface area contributed by atoms with Gasteiger partial charge in [0.2, 0.25) is 0 Å². The molecule has 0 unspecified atom stereocenters. The van der Waals surface area contributed by atoms with Crippen LogP contribution in [-0.4, -0.2) is 5.71 Å². The highest BCUT2D eigenvalue weighted by Gasteiger charge is 2.02. The highest BCUT2D eigenvalue weighted by atomic mass is 16.6. The van der Waals surface area contributed by atoms with E-state index in [1.54, 1.807) is 0 Å². The Kier molecular flexibility index (Phi) is 4.83. The van der Waals surface area contributed by atoms with E-state index >= 15 is 0 Å². The first-order valence-corrected chi connectivity index (χ1v) is 6.32. The van der Waals surface area contributed by atoms with E-state index in [4.69, 9.17) is 4.84 Å². The average molecular weight is 229 g/mol. The van der Waals surface area contributed by atoms with Crippen LogP contribution in [0.4, 0.5) is 0 Å². The summed E-state index contributed by atoms with van der Waals surface area (Å²) in [5, 5.41) is 4.26. The minimum Gasteiger partial charge on any atom is -0.391 e. The normalized spacial score (nSPS) is 20.6. The van der Waals surface area contributed by atoms with Gasteiger partial charge in [-0.2, -0.15) is 0 Å². The van der Waals surface area contributed by atoms with Crippen molar-refractivity contribution in [3.05, 3.63) is 48.0 Å². The third-order valence-electron chi connectivity index (χ3n) is 2.87. The molecule has 0 aromatic heterocycles. The second kappa shape index (κ2) is 6.89. The lowest BCUT2D eigenvalue weighted by molar-refractivity contribution is 0.129. The molecule has 90 valence electrons. The maximum Gasteiger partial charge on any atom is 0.142 e. The minimum absolute atomic E-state index is 0.570. The molecule has 17 heavy (non-hydrogen) atoms. The Labute approximate surface area is 103 Å². The maximum atomic E-state index is 5.42. The Morgan fingerprint density at radius 3 is 2.71 bits per heavy atom. The summed E-state index contributed by atoms with van der Waals surface area (Å²) in [5.74, 6) is 0. The number of rotatable bonds is 3. The summed E-state index contributed by atoms with van der Waals surface area (Å²) in [6, 6.07) is 10.2. The van der Waals surface area contributed by atoms with Crippen LogP contribution in [0, 0.1) is 0 Å². The molecular weight excluding hydrogens is 210 g/mol. The fourth-order valence-electron chi connectivity index (χ4n) is 1.90. The van der Waals surface area contributed by atoms with Crippen molar-refractivity contribution < 1.29 is 4.84 Å². The van der Waals surface area contributed by atoms with Crippen molar-refractivity contribution in [2.45, 2.75) is 38.7 Å². The van der Waals surface area contributed by atoms with E-state index in [2.05, 4.69) is 29.4 Å². The van der Waals surface area contributed by atoms with Crippen LogP contribution in [0.2, 0.25) is 0 Å². The molecule has 0 heterocycles. The van der Waals surface area contributed by atoms with E-state index in [1.165, 1.54) is 17.7 Å². The van der Waals surface area contributed by atoms with Gasteiger partial charge in [0.05, 0.1) is 5.71 Å². The Morgan fingerprint density at radius 2 is 1.82 bits per heavy atom. The summed E-state index contributed by atoms with van der Waals surface area (Å²) in [7, 11) is 0. The Bertz CT molecular complexity index is 381. The molecule has 0 N–H and O–H groups in total. The molecule has 2 heteroatoms. The van der Waals surface area contributed by atoms with Gasteiger partial charge < -0.3 is 4.84 Å². The number of nitrogens with zero attached hydrogens (tertiary/aromatic N) is 1. The highest BCUT2D eigenvalue weighted by molar-refractivity contribution is 5.84. The molecule has 2 nitrogen and oxygen atoms in total. The van der Waals surface area contributed by atoms with Crippen LogP contribution >= 0.6 is 0 Å². The first-order valence-electron chi connectivity index (χ1n) is 6.32. The molecule has 0 bridgehead atoms. The van der Waals surface area contributed by atoms with Crippen molar-refractivity contribution >= 4 is 5.71 Å². The zero-order chi connectivity index (χ0) is 11.8. The Hall–Kier alpha value is -1.57. The summed E-state index contributed by atoms with van der Waals surface area (Å²) >= 11 is 0. The van der Waals surface area contributed by atoms with Gasteiger partial charge in [0, 0.05) is 0 Å². The largest absolute Gasteiger partial charge is 0.391 e. The molecule has 0 radical (unpaired) electrons. The van der Waals surface area contributed by atoms with E-state index in [0.717, 1.165) is 25.7 Å². The predicted molar refractivity (Wildman–Crippen MR) is 70.9 cm³/mol. The predicted octanol–water partition coefficient (Wildman–Crippen LogP) is 4.08. The third kappa shape index (κ3) is 4.43. The highest BCUT2D eigenvalue weighted by Crippen LogP contribution is 2.10. The molecule has 0 amide bonds. The third-order valence-corrected chi connectivity index (χ3v) is 2.87. The average Bonchev–Trinajstić information content (AvgIpc) is 2.33. The molecule has 2 rings (SSSR count). The van der Waals surface area contributed by atoms with Gasteiger partial charge in [-0.3, -0.25) is 0 Å².